The summed E-state index contributed by atoms with van der Waals surface area (Å²) in [4.78, 5) is 4.63. The third-order valence-corrected chi connectivity index (χ3v) is 5.09. The molecule has 20 heavy (non-hydrogen) atoms. The van der Waals surface area contributed by atoms with E-state index in [-0.39, 0.29) is 6.10 Å². The molecule has 2 rings (SSSR count). The molecule has 0 N–H and O–H groups in total. The molecular formula is C14H28N2O3S. The third-order valence-electron chi connectivity index (χ3n) is 3.79. The van der Waals surface area contributed by atoms with Crippen molar-refractivity contribution in [3.05, 3.63) is 0 Å². The van der Waals surface area contributed by atoms with Crippen molar-refractivity contribution in [3.8, 4) is 0 Å². The number of hydrogen-bond donors (Lipinski definition) is 0. The van der Waals surface area contributed by atoms with Crippen LogP contribution in [-0.2, 0) is 14.2 Å². The minimum Gasteiger partial charge on any atom is -0.378 e. The Labute approximate surface area is 126 Å². The Hall–Kier alpha value is 0.150. The number of thioether (sulfide) groups is 1. The van der Waals surface area contributed by atoms with Gasteiger partial charge >= 0.3 is 0 Å². The molecule has 0 saturated carbocycles. The number of ether oxygens (including phenoxy) is 3. The molecule has 118 valence electrons. The first kappa shape index (κ1) is 16.5. The van der Waals surface area contributed by atoms with Crippen molar-refractivity contribution in [1.29, 1.82) is 0 Å². The normalized spacial score (nSPS) is 33.3. The van der Waals surface area contributed by atoms with Crippen molar-refractivity contribution in [1.82, 2.24) is 9.80 Å². The van der Waals surface area contributed by atoms with E-state index in [1.807, 2.05) is 11.8 Å². The van der Waals surface area contributed by atoms with Gasteiger partial charge in [0.05, 0.1) is 39.1 Å². The predicted molar refractivity (Wildman–Crippen MR) is 82.6 cm³/mol. The number of nitrogens with zero attached hydrogens (tertiary/aromatic N) is 2. The molecule has 2 saturated heterocycles. The Morgan fingerprint density at radius 3 is 2.50 bits per heavy atom. The fraction of sp³-hybridized carbons (Fsp3) is 1.00. The smallest absolute Gasteiger partial charge is 0.0940 e. The summed E-state index contributed by atoms with van der Waals surface area (Å²) in [6.45, 7) is 7.73. The molecule has 6 heteroatoms. The Morgan fingerprint density at radius 2 is 1.70 bits per heavy atom. The van der Waals surface area contributed by atoms with Gasteiger partial charge in [-0.3, -0.25) is 0 Å². The second kappa shape index (κ2) is 9.23. The van der Waals surface area contributed by atoms with Gasteiger partial charge in [0.1, 0.15) is 0 Å². The van der Waals surface area contributed by atoms with Crippen LogP contribution in [0.4, 0.5) is 0 Å². The van der Waals surface area contributed by atoms with Crippen molar-refractivity contribution >= 4 is 11.8 Å². The molecule has 0 amide bonds. The van der Waals surface area contributed by atoms with Crippen LogP contribution in [0.2, 0.25) is 0 Å². The standard InChI is InChI=1S/C14H28N2O3S/c1-15-3-6-17-8-9-19-13(12-18-7-4-15)14-11-16(2)5-10-20-14/h13-14H,3-12H2,1-2H3. The molecule has 2 aliphatic rings. The van der Waals surface area contributed by atoms with Gasteiger partial charge in [-0.25, -0.2) is 0 Å². The third kappa shape index (κ3) is 5.87. The van der Waals surface area contributed by atoms with Crippen LogP contribution in [0.15, 0.2) is 0 Å². The van der Waals surface area contributed by atoms with E-state index in [1.165, 1.54) is 12.3 Å². The van der Waals surface area contributed by atoms with Crippen LogP contribution in [-0.4, -0.2) is 100 Å². The minimum absolute atomic E-state index is 0.177. The first-order chi connectivity index (χ1) is 9.75. The van der Waals surface area contributed by atoms with Crippen LogP contribution >= 0.6 is 11.8 Å². The van der Waals surface area contributed by atoms with Crippen molar-refractivity contribution in [2.45, 2.75) is 11.4 Å². The van der Waals surface area contributed by atoms with E-state index < -0.39 is 0 Å². The Balaban J connectivity index is 1.82. The number of hydrogen-bond acceptors (Lipinski definition) is 6. The quantitative estimate of drug-likeness (QED) is 0.697. The number of rotatable bonds is 1. The van der Waals surface area contributed by atoms with E-state index in [4.69, 9.17) is 14.2 Å². The maximum Gasteiger partial charge on any atom is 0.0940 e. The zero-order chi connectivity index (χ0) is 14.2. The fourth-order valence-electron chi connectivity index (χ4n) is 2.41. The zero-order valence-electron chi connectivity index (χ0n) is 12.8. The molecule has 5 nitrogen and oxygen atoms in total. The highest BCUT2D eigenvalue weighted by Gasteiger charge is 2.27. The molecule has 0 aromatic carbocycles. The van der Waals surface area contributed by atoms with Gasteiger partial charge in [-0.05, 0) is 14.1 Å². The highest BCUT2D eigenvalue weighted by Crippen LogP contribution is 2.23. The average molecular weight is 304 g/mol. The molecule has 2 heterocycles. The summed E-state index contributed by atoms with van der Waals surface area (Å²) in [5, 5.41) is 0.509. The van der Waals surface area contributed by atoms with Crippen molar-refractivity contribution < 1.29 is 14.2 Å². The van der Waals surface area contributed by atoms with E-state index in [0.29, 0.717) is 25.1 Å². The van der Waals surface area contributed by atoms with E-state index in [9.17, 15) is 0 Å². The molecule has 2 unspecified atom stereocenters. The lowest BCUT2D eigenvalue weighted by Gasteiger charge is -2.34. The molecule has 0 radical (unpaired) electrons. The van der Waals surface area contributed by atoms with Crippen LogP contribution in [0.3, 0.4) is 0 Å². The molecule has 0 aromatic rings. The zero-order valence-corrected chi connectivity index (χ0v) is 13.6. The van der Waals surface area contributed by atoms with Gasteiger partial charge in [0.25, 0.3) is 0 Å². The topological polar surface area (TPSA) is 34.2 Å². The molecule has 0 aromatic heterocycles. The average Bonchev–Trinajstić information content (AvgIpc) is 2.43. The van der Waals surface area contributed by atoms with Crippen molar-refractivity contribution in [3.63, 3.8) is 0 Å². The molecule has 2 fully saturated rings. The van der Waals surface area contributed by atoms with Crippen LogP contribution in [0.1, 0.15) is 0 Å². The van der Waals surface area contributed by atoms with Gasteiger partial charge in [0, 0.05) is 37.2 Å². The predicted octanol–water partition coefficient (Wildman–Crippen LogP) is 0.397. The second-order valence-corrected chi connectivity index (χ2v) is 6.92. The van der Waals surface area contributed by atoms with Gasteiger partial charge in [0.2, 0.25) is 0 Å². The van der Waals surface area contributed by atoms with Gasteiger partial charge in [0.15, 0.2) is 0 Å². The monoisotopic (exact) mass is 304 g/mol. The summed E-state index contributed by atoms with van der Waals surface area (Å²) in [6, 6.07) is 0. The lowest BCUT2D eigenvalue weighted by molar-refractivity contribution is -0.0509. The highest BCUT2D eigenvalue weighted by atomic mass is 32.2. The summed E-state index contributed by atoms with van der Waals surface area (Å²) < 4.78 is 17.5. The van der Waals surface area contributed by atoms with Crippen LogP contribution in [0.25, 0.3) is 0 Å². The summed E-state index contributed by atoms with van der Waals surface area (Å²) >= 11 is 2.01. The lowest BCUT2D eigenvalue weighted by Crippen LogP contribution is -2.44. The van der Waals surface area contributed by atoms with Gasteiger partial charge < -0.3 is 24.0 Å². The summed E-state index contributed by atoms with van der Waals surface area (Å²) in [6.07, 6.45) is 0.177. The summed E-state index contributed by atoms with van der Waals surface area (Å²) in [5.74, 6) is 1.18. The minimum atomic E-state index is 0.177. The summed E-state index contributed by atoms with van der Waals surface area (Å²) in [7, 11) is 4.29. The highest BCUT2D eigenvalue weighted by molar-refractivity contribution is 8.00. The van der Waals surface area contributed by atoms with Crippen LogP contribution < -0.4 is 0 Å². The Morgan fingerprint density at radius 1 is 0.900 bits per heavy atom. The SMILES string of the molecule is CN1CCOCCOC(C2CN(C)CCS2)COCC1. The molecule has 0 aliphatic carbocycles. The fourth-order valence-corrected chi connectivity index (χ4v) is 3.86. The maximum absolute atomic E-state index is 6.02. The lowest BCUT2D eigenvalue weighted by atomic mass is 10.2. The first-order valence-corrected chi connectivity index (χ1v) is 8.56. The number of likely N-dealkylation sites (N-methyl/N-ethyl adjacent to an activating group) is 1. The van der Waals surface area contributed by atoms with E-state index in [0.717, 1.165) is 32.8 Å². The molecule has 2 aliphatic heterocycles. The van der Waals surface area contributed by atoms with Gasteiger partial charge in [-0.15, -0.1) is 0 Å². The second-order valence-electron chi connectivity index (χ2n) is 5.57. The molecule has 0 spiro atoms. The molecule has 0 bridgehead atoms. The maximum atomic E-state index is 6.02. The first-order valence-electron chi connectivity index (χ1n) is 7.51. The van der Waals surface area contributed by atoms with Crippen LogP contribution in [0.5, 0.6) is 0 Å². The Bertz CT molecular complexity index is 271. The van der Waals surface area contributed by atoms with Gasteiger partial charge in [-0.1, -0.05) is 0 Å². The van der Waals surface area contributed by atoms with E-state index in [2.05, 4.69) is 23.9 Å². The van der Waals surface area contributed by atoms with E-state index in [1.54, 1.807) is 0 Å². The largest absolute Gasteiger partial charge is 0.378 e. The van der Waals surface area contributed by atoms with Crippen molar-refractivity contribution in [2.24, 2.45) is 0 Å². The van der Waals surface area contributed by atoms with Crippen molar-refractivity contribution in [2.75, 3.05) is 79.1 Å². The Kier molecular flexibility index (Phi) is 7.62. The van der Waals surface area contributed by atoms with Crippen LogP contribution in [0, 0.1) is 0 Å². The molecular weight excluding hydrogens is 276 g/mol. The van der Waals surface area contributed by atoms with Gasteiger partial charge in [-0.2, -0.15) is 11.8 Å². The summed E-state index contributed by atoms with van der Waals surface area (Å²) in [5.41, 5.74) is 0. The van der Waals surface area contributed by atoms with E-state index >= 15 is 0 Å². The molecule has 2 atom stereocenters.